The van der Waals surface area contributed by atoms with Crippen molar-refractivity contribution < 1.29 is 17.9 Å². The molecule has 0 radical (unpaired) electrons. The second-order valence-electron chi connectivity index (χ2n) is 6.91. The summed E-state index contributed by atoms with van der Waals surface area (Å²) < 4.78 is 30.9. The number of ether oxygens (including phenoxy) is 1. The van der Waals surface area contributed by atoms with Crippen LogP contribution in [0.2, 0.25) is 0 Å². The maximum absolute atomic E-state index is 12.5. The van der Waals surface area contributed by atoms with Gasteiger partial charge in [-0.25, -0.2) is 12.7 Å². The molecule has 2 aromatic rings. The van der Waals surface area contributed by atoms with Crippen LogP contribution in [0.15, 0.2) is 30.5 Å². The van der Waals surface area contributed by atoms with Crippen molar-refractivity contribution in [1.29, 1.82) is 0 Å². The summed E-state index contributed by atoms with van der Waals surface area (Å²) in [5, 5.41) is 4.14. The van der Waals surface area contributed by atoms with E-state index in [1.165, 1.54) is 22.4 Å². The van der Waals surface area contributed by atoms with E-state index in [9.17, 15) is 13.2 Å². The Morgan fingerprint density at radius 2 is 2.19 bits per heavy atom. The molecule has 2 heterocycles. The fourth-order valence-electron chi connectivity index (χ4n) is 3.53. The first-order valence-electron chi connectivity index (χ1n) is 9.31. The first kappa shape index (κ1) is 19.9. The summed E-state index contributed by atoms with van der Waals surface area (Å²) in [5.74, 6) is -0.404. The van der Waals surface area contributed by atoms with Crippen LogP contribution in [-0.4, -0.2) is 62.7 Å². The van der Waals surface area contributed by atoms with Gasteiger partial charge in [0.1, 0.15) is 0 Å². The normalized spacial score (nSPS) is 18.6. The second-order valence-corrected chi connectivity index (χ2v) is 8.99. The third-order valence-corrected chi connectivity index (χ3v) is 6.86. The van der Waals surface area contributed by atoms with Crippen LogP contribution < -0.4 is 5.32 Å². The average molecular weight is 394 g/mol. The molecule has 0 saturated carbocycles. The van der Waals surface area contributed by atoms with Crippen LogP contribution in [0.4, 0.5) is 0 Å². The van der Waals surface area contributed by atoms with Gasteiger partial charge in [-0.15, -0.1) is 0 Å². The molecule has 3 rings (SSSR count). The first-order chi connectivity index (χ1) is 13.0. The highest BCUT2D eigenvalue weighted by atomic mass is 32.2. The van der Waals surface area contributed by atoms with E-state index in [1.54, 1.807) is 0 Å². The molecule has 0 spiro atoms. The van der Waals surface area contributed by atoms with E-state index in [0.717, 1.165) is 18.4 Å². The van der Waals surface area contributed by atoms with Crippen molar-refractivity contribution in [3.63, 3.8) is 0 Å². The molecule has 1 aromatic heterocycles. The third kappa shape index (κ3) is 4.88. The number of amides is 1. The Hall–Kier alpha value is -1.90. The molecule has 0 bridgehead atoms. The molecule has 0 aliphatic carbocycles. The molecule has 1 unspecified atom stereocenters. The number of fused-ring (bicyclic) bond motifs is 1. The molecular weight excluding hydrogens is 366 g/mol. The van der Waals surface area contributed by atoms with E-state index in [0.29, 0.717) is 19.5 Å². The quantitative estimate of drug-likeness (QED) is 0.711. The van der Waals surface area contributed by atoms with Crippen LogP contribution in [0.1, 0.15) is 18.4 Å². The smallest absolute Gasteiger partial charge is 0.224 e. The van der Waals surface area contributed by atoms with Gasteiger partial charge in [0.25, 0.3) is 0 Å². The summed E-state index contributed by atoms with van der Waals surface area (Å²) >= 11 is 0. The fourth-order valence-corrected chi connectivity index (χ4v) is 4.98. The SMILES string of the molecule is COCCS(=O)(=O)N1CCCC(C(=O)NCCc2c[nH]c3ccccc23)C1. The number of hydrogen-bond donors (Lipinski definition) is 2. The van der Waals surface area contributed by atoms with Gasteiger partial charge in [-0.3, -0.25) is 4.79 Å². The lowest BCUT2D eigenvalue weighted by Gasteiger charge is -2.31. The van der Waals surface area contributed by atoms with Gasteiger partial charge in [0.05, 0.1) is 18.3 Å². The zero-order valence-electron chi connectivity index (χ0n) is 15.6. The predicted octanol–water partition coefficient (Wildman–Crippen LogP) is 1.51. The van der Waals surface area contributed by atoms with Gasteiger partial charge >= 0.3 is 0 Å². The van der Waals surface area contributed by atoms with Crippen molar-refractivity contribution in [1.82, 2.24) is 14.6 Å². The minimum Gasteiger partial charge on any atom is -0.384 e. The number of carbonyl (C=O) groups excluding carboxylic acids is 1. The number of carbonyl (C=O) groups is 1. The minimum atomic E-state index is -3.37. The molecule has 1 atom stereocenters. The molecule has 1 aromatic carbocycles. The Labute approximate surface area is 160 Å². The van der Waals surface area contributed by atoms with Gasteiger partial charge < -0.3 is 15.0 Å². The van der Waals surface area contributed by atoms with Crippen molar-refractivity contribution in [3.05, 3.63) is 36.0 Å². The zero-order valence-corrected chi connectivity index (χ0v) is 16.4. The summed E-state index contributed by atoms with van der Waals surface area (Å²) in [4.78, 5) is 15.7. The standard InChI is InChI=1S/C19H27N3O4S/c1-26-11-12-27(24,25)22-10-4-5-16(14-22)19(23)20-9-8-15-13-21-18-7-3-2-6-17(15)18/h2-3,6-7,13,16,21H,4-5,8-12,14H2,1H3,(H,20,23). The molecule has 1 amide bonds. The minimum absolute atomic E-state index is 0.0433. The van der Waals surface area contributed by atoms with Crippen LogP contribution >= 0.6 is 0 Å². The van der Waals surface area contributed by atoms with Crippen LogP contribution in [0.25, 0.3) is 10.9 Å². The highest BCUT2D eigenvalue weighted by molar-refractivity contribution is 7.89. The maximum Gasteiger partial charge on any atom is 0.224 e. The summed E-state index contributed by atoms with van der Waals surface area (Å²) in [7, 11) is -1.89. The summed E-state index contributed by atoms with van der Waals surface area (Å²) in [5.41, 5.74) is 2.25. The number of aromatic nitrogens is 1. The molecule has 148 valence electrons. The summed E-state index contributed by atoms with van der Waals surface area (Å²) in [6.45, 7) is 1.43. The number of aromatic amines is 1. The Morgan fingerprint density at radius 1 is 1.37 bits per heavy atom. The Kier molecular flexibility index (Phi) is 6.51. The zero-order chi connectivity index (χ0) is 19.3. The maximum atomic E-state index is 12.5. The van der Waals surface area contributed by atoms with Crippen LogP contribution in [0.3, 0.4) is 0 Å². The van der Waals surface area contributed by atoms with E-state index >= 15 is 0 Å². The van der Waals surface area contributed by atoms with E-state index in [4.69, 9.17) is 4.74 Å². The summed E-state index contributed by atoms with van der Waals surface area (Å²) in [6, 6.07) is 8.07. The van der Waals surface area contributed by atoms with Crippen molar-refractivity contribution in [2.24, 2.45) is 5.92 Å². The monoisotopic (exact) mass is 393 g/mol. The average Bonchev–Trinajstić information content (AvgIpc) is 3.10. The highest BCUT2D eigenvalue weighted by Crippen LogP contribution is 2.20. The number of methoxy groups -OCH3 is 1. The molecule has 8 heteroatoms. The largest absolute Gasteiger partial charge is 0.384 e. The number of nitrogens with zero attached hydrogens (tertiary/aromatic N) is 1. The molecule has 27 heavy (non-hydrogen) atoms. The van der Waals surface area contributed by atoms with Gasteiger partial charge in [-0.05, 0) is 30.9 Å². The lowest BCUT2D eigenvalue weighted by molar-refractivity contribution is -0.126. The van der Waals surface area contributed by atoms with Crippen molar-refractivity contribution >= 4 is 26.8 Å². The topological polar surface area (TPSA) is 91.5 Å². The van der Waals surface area contributed by atoms with E-state index < -0.39 is 10.0 Å². The van der Waals surface area contributed by atoms with Crippen molar-refractivity contribution in [2.45, 2.75) is 19.3 Å². The highest BCUT2D eigenvalue weighted by Gasteiger charge is 2.31. The molecular formula is C19H27N3O4S. The van der Waals surface area contributed by atoms with Gasteiger partial charge in [-0.1, -0.05) is 18.2 Å². The first-order valence-corrected chi connectivity index (χ1v) is 10.9. The predicted molar refractivity (Wildman–Crippen MR) is 105 cm³/mol. The van der Waals surface area contributed by atoms with Crippen LogP contribution in [0, 0.1) is 5.92 Å². The van der Waals surface area contributed by atoms with E-state index in [1.807, 2.05) is 24.4 Å². The number of H-pyrrole nitrogens is 1. The molecule has 1 aliphatic rings. The van der Waals surface area contributed by atoms with Gasteiger partial charge in [0.15, 0.2) is 0 Å². The van der Waals surface area contributed by atoms with E-state index in [2.05, 4.69) is 16.4 Å². The summed E-state index contributed by atoms with van der Waals surface area (Å²) in [6.07, 6.45) is 4.13. The molecule has 1 aliphatic heterocycles. The van der Waals surface area contributed by atoms with Gasteiger partial charge in [-0.2, -0.15) is 0 Å². The number of sulfonamides is 1. The number of piperidine rings is 1. The molecule has 7 nitrogen and oxygen atoms in total. The lowest BCUT2D eigenvalue weighted by Crippen LogP contribution is -2.46. The van der Waals surface area contributed by atoms with Crippen LogP contribution in [-0.2, 0) is 26.0 Å². The van der Waals surface area contributed by atoms with Gasteiger partial charge in [0.2, 0.25) is 15.9 Å². The number of hydrogen-bond acceptors (Lipinski definition) is 4. The Morgan fingerprint density at radius 3 is 3.00 bits per heavy atom. The molecule has 1 saturated heterocycles. The second kappa shape index (κ2) is 8.86. The van der Waals surface area contributed by atoms with Crippen LogP contribution in [0.5, 0.6) is 0 Å². The molecule has 1 fully saturated rings. The third-order valence-electron chi connectivity index (χ3n) is 5.06. The lowest BCUT2D eigenvalue weighted by atomic mass is 9.99. The number of benzene rings is 1. The Balaban J connectivity index is 1.52. The van der Waals surface area contributed by atoms with E-state index in [-0.39, 0.29) is 30.7 Å². The number of para-hydroxylation sites is 1. The number of rotatable bonds is 8. The van der Waals surface area contributed by atoms with Crippen molar-refractivity contribution in [2.75, 3.05) is 39.1 Å². The Bertz CT molecular complexity index is 878. The molecule has 2 N–H and O–H groups in total. The van der Waals surface area contributed by atoms with Gasteiger partial charge in [0, 0.05) is 43.8 Å². The fraction of sp³-hybridized carbons (Fsp3) is 0.526. The van der Waals surface area contributed by atoms with Crippen molar-refractivity contribution in [3.8, 4) is 0 Å². The number of nitrogens with one attached hydrogen (secondary N) is 2.